The lowest BCUT2D eigenvalue weighted by atomic mass is 9.80. The van der Waals surface area contributed by atoms with E-state index in [-0.39, 0.29) is 23.3 Å². The van der Waals surface area contributed by atoms with Crippen LogP contribution in [0.15, 0.2) is 136 Å². The van der Waals surface area contributed by atoms with Crippen LogP contribution in [0.25, 0.3) is 0 Å². The molecule has 304 valence electrons. The second-order valence-electron chi connectivity index (χ2n) is 14.5. The molecule has 4 aromatic carbocycles. The number of benzene rings is 4. The minimum Gasteiger partial charge on any atom is -0.497 e. The fraction of sp³-hybridized carbons (Fsp3) is 0.349. The number of H-pyrrole nitrogens is 1. The van der Waals surface area contributed by atoms with Crippen molar-refractivity contribution in [2.45, 2.75) is 66.8 Å². The Morgan fingerprint density at radius 3 is 2.02 bits per heavy atom. The molecular weight excluding hydrogens is 782 g/mol. The summed E-state index contributed by atoms with van der Waals surface area (Å²) < 4.78 is 68.7. The molecule has 0 unspecified atom stereocenters. The molecule has 8 rings (SSSR count). The largest absolute Gasteiger partial charge is 0.497 e. The minimum absolute atomic E-state index is 0.0357. The van der Waals surface area contributed by atoms with Crippen LogP contribution in [-0.2, 0) is 34.0 Å². The molecule has 58 heavy (non-hydrogen) atoms. The van der Waals surface area contributed by atoms with E-state index in [0.717, 1.165) is 34.1 Å². The van der Waals surface area contributed by atoms with Crippen molar-refractivity contribution in [3.05, 3.63) is 159 Å². The van der Waals surface area contributed by atoms with Gasteiger partial charge in [0.15, 0.2) is 9.84 Å². The fourth-order valence-electron chi connectivity index (χ4n) is 8.18. The normalized spacial score (nSPS) is 23.7. The molecule has 0 radical (unpaired) electrons. The van der Waals surface area contributed by atoms with Gasteiger partial charge in [-0.3, -0.25) is 4.79 Å². The maximum atomic E-state index is 13.5. The summed E-state index contributed by atoms with van der Waals surface area (Å²) in [7, 11) is -2.09. The summed E-state index contributed by atoms with van der Waals surface area (Å²) in [6, 6.07) is 34.8. The van der Waals surface area contributed by atoms with Gasteiger partial charge in [0.1, 0.15) is 29.4 Å². The fourth-order valence-corrected chi connectivity index (χ4v) is 11.8. The molecule has 3 aliphatic rings. The van der Waals surface area contributed by atoms with Gasteiger partial charge in [0.2, 0.25) is 0 Å². The monoisotopic (exact) mass is 827 g/mol. The van der Waals surface area contributed by atoms with E-state index in [4.69, 9.17) is 28.0 Å². The van der Waals surface area contributed by atoms with Gasteiger partial charge >= 0.3 is 5.69 Å². The number of sulfone groups is 1. The van der Waals surface area contributed by atoms with Crippen molar-refractivity contribution in [2.75, 3.05) is 33.1 Å². The standard InChI is InChI=1S/C43H46N3O10PS/c1-51-33-19-15-31(16-20-33)43(30-10-5-3-6-11-30,32-17-21-34(52-2)22-18-32)53-28-38-37(23-24-41(54-38)46-40(47)25-26-44-42(46)48)55-57-45-27-9-14-36(45)39(56-57)29-58(49,50)35-12-7-4-8-13-35/h3-8,10-13,15-22,25-26,36-39,41H,9,14,23-24,27-29H2,1-2H3,(H,44,48)/t36-,37-,38+,39+,41+,57+/m0/s1. The molecule has 0 bridgehead atoms. The number of hydrogen-bond acceptors (Lipinski definition) is 11. The Morgan fingerprint density at radius 1 is 0.776 bits per heavy atom. The van der Waals surface area contributed by atoms with Gasteiger partial charge in [-0.25, -0.2) is 22.4 Å². The summed E-state index contributed by atoms with van der Waals surface area (Å²) in [5.74, 6) is 1.19. The Labute approximate surface area is 338 Å². The van der Waals surface area contributed by atoms with Gasteiger partial charge in [0.05, 0.1) is 43.7 Å². The third-order valence-corrected chi connectivity index (χ3v) is 14.7. The second-order valence-corrected chi connectivity index (χ2v) is 18.0. The Hall–Kier alpha value is -4.66. The number of nitrogens with one attached hydrogen (secondary N) is 1. The number of nitrogens with zero attached hydrogens (tertiary/aromatic N) is 2. The first-order chi connectivity index (χ1) is 28.2. The number of methoxy groups -OCH3 is 2. The summed E-state index contributed by atoms with van der Waals surface area (Å²) in [6.45, 7) is 0.669. The van der Waals surface area contributed by atoms with Crippen LogP contribution in [0, 0.1) is 0 Å². The smallest absolute Gasteiger partial charge is 0.330 e. The van der Waals surface area contributed by atoms with E-state index in [1.54, 1.807) is 44.6 Å². The van der Waals surface area contributed by atoms with Gasteiger partial charge in [0.25, 0.3) is 14.1 Å². The Morgan fingerprint density at radius 2 is 1.40 bits per heavy atom. The number of fused-ring (bicyclic) bond motifs is 1. The van der Waals surface area contributed by atoms with Crippen LogP contribution in [0.5, 0.6) is 11.5 Å². The lowest BCUT2D eigenvalue weighted by Crippen LogP contribution is -2.48. The van der Waals surface area contributed by atoms with Crippen molar-refractivity contribution < 1.29 is 36.4 Å². The van der Waals surface area contributed by atoms with Crippen LogP contribution < -0.4 is 20.7 Å². The molecule has 0 spiro atoms. The zero-order valence-electron chi connectivity index (χ0n) is 32.2. The van der Waals surface area contributed by atoms with Gasteiger partial charge in [-0.1, -0.05) is 72.8 Å². The molecule has 3 saturated heterocycles. The summed E-state index contributed by atoms with van der Waals surface area (Å²) in [6.07, 6.45) is 0.796. The van der Waals surface area contributed by atoms with Gasteiger partial charge in [0, 0.05) is 24.8 Å². The third-order valence-electron chi connectivity index (χ3n) is 11.1. The van der Waals surface area contributed by atoms with Gasteiger partial charge in [-0.2, -0.15) is 0 Å². The predicted octanol–water partition coefficient (Wildman–Crippen LogP) is 6.19. The second kappa shape index (κ2) is 17.3. The molecule has 5 aromatic rings. The molecule has 0 amide bonds. The molecule has 1 N–H and O–H groups in total. The highest BCUT2D eigenvalue weighted by atomic mass is 32.2. The van der Waals surface area contributed by atoms with Crippen LogP contribution >= 0.6 is 8.53 Å². The quantitative estimate of drug-likeness (QED) is 0.101. The molecule has 1 aromatic heterocycles. The summed E-state index contributed by atoms with van der Waals surface area (Å²) >= 11 is 0. The van der Waals surface area contributed by atoms with Crippen LogP contribution in [-0.4, -0.2) is 80.1 Å². The molecule has 6 atom stereocenters. The number of hydrogen-bond donors (Lipinski definition) is 1. The van der Waals surface area contributed by atoms with Crippen molar-refractivity contribution in [1.82, 2.24) is 14.2 Å². The first kappa shape index (κ1) is 40.1. The number of rotatable bonds is 14. The molecule has 13 nitrogen and oxygen atoms in total. The molecule has 15 heteroatoms. The van der Waals surface area contributed by atoms with Gasteiger partial charge in [-0.05, 0) is 78.8 Å². The Kier molecular flexibility index (Phi) is 12.0. The molecule has 0 aliphatic carbocycles. The summed E-state index contributed by atoms with van der Waals surface area (Å²) in [4.78, 5) is 29.0. The molecule has 0 saturated carbocycles. The highest BCUT2D eigenvalue weighted by Crippen LogP contribution is 2.58. The van der Waals surface area contributed by atoms with Crippen LogP contribution in [0.1, 0.15) is 48.6 Å². The third kappa shape index (κ3) is 8.02. The molecule has 3 fully saturated rings. The van der Waals surface area contributed by atoms with Crippen molar-refractivity contribution in [1.29, 1.82) is 0 Å². The first-order valence-corrected chi connectivity index (χ1v) is 22.1. The van der Waals surface area contributed by atoms with Crippen molar-refractivity contribution in [3.8, 4) is 11.5 Å². The Balaban J connectivity index is 1.14. The zero-order valence-corrected chi connectivity index (χ0v) is 33.9. The van der Waals surface area contributed by atoms with E-state index in [2.05, 4.69) is 9.65 Å². The van der Waals surface area contributed by atoms with Gasteiger partial charge in [-0.15, -0.1) is 0 Å². The maximum Gasteiger partial charge on any atom is 0.330 e. The highest BCUT2D eigenvalue weighted by Gasteiger charge is 2.50. The molecular formula is C43H46N3O10PS. The number of aromatic nitrogens is 2. The lowest BCUT2D eigenvalue weighted by molar-refractivity contribution is -0.175. The minimum atomic E-state index is -3.63. The number of aromatic amines is 1. The van der Waals surface area contributed by atoms with Crippen LogP contribution in [0.2, 0.25) is 0 Å². The molecule has 4 heterocycles. The van der Waals surface area contributed by atoms with Crippen LogP contribution in [0.4, 0.5) is 0 Å². The highest BCUT2D eigenvalue weighted by molar-refractivity contribution is 7.91. The first-order valence-electron chi connectivity index (χ1n) is 19.3. The van der Waals surface area contributed by atoms with E-state index in [0.29, 0.717) is 30.9 Å². The van der Waals surface area contributed by atoms with Crippen molar-refractivity contribution in [2.24, 2.45) is 0 Å². The van der Waals surface area contributed by atoms with Crippen molar-refractivity contribution in [3.63, 3.8) is 0 Å². The van der Waals surface area contributed by atoms with E-state index in [9.17, 15) is 18.0 Å². The lowest BCUT2D eigenvalue weighted by Gasteiger charge is -2.41. The predicted molar refractivity (Wildman–Crippen MR) is 218 cm³/mol. The SMILES string of the molecule is COc1ccc(C(OC[C@H]2O[C@@H](n3c(=O)cc[nH]c3=O)CC[C@@H]2O[P@]2O[C@H](CS(=O)(=O)c3ccccc3)[C@@H]3CCCN32)(c2ccccc2)c2ccc(OC)cc2)cc1. The molecule has 3 aliphatic heterocycles. The van der Waals surface area contributed by atoms with Crippen LogP contribution in [0.3, 0.4) is 0 Å². The van der Waals surface area contributed by atoms with E-state index in [1.807, 2.05) is 78.9 Å². The van der Waals surface area contributed by atoms with E-state index >= 15 is 0 Å². The maximum absolute atomic E-state index is 13.5. The summed E-state index contributed by atoms with van der Waals surface area (Å²) in [5.41, 5.74) is 0.212. The van der Waals surface area contributed by atoms with E-state index < -0.39 is 59.8 Å². The number of ether oxygens (including phenoxy) is 4. The van der Waals surface area contributed by atoms with E-state index in [1.165, 1.54) is 12.3 Å². The average Bonchev–Trinajstić information content (AvgIpc) is 3.87. The van der Waals surface area contributed by atoms with Gasteiger partial charge < -0.3 is 33.0 Å². The Bertz CT molecular complexity index is 2300. The summed E-state index contributed by atoms with van der Waals surface area (Å²) in [5, 5.41) is 0. The zero-order chi connectivity index (χ0) is 40.3. The van der Waals surface area contributed by atoms with Crippen molar-refractivity contribution >= 4 is 18.4 Å². The average molecular weight is 828 g/mol. The topological polar surface area (TPSA) is 148 Å².